The van der Waals surface area contributed by atoms with Gasteiger partial charge >= 0.3 is 0 Å². The Morgan fingerprint density at radius 1 is 1.50 bits per heavy atom. The highest BCUT2D eigenvalue weighted by molar-refractivity contribution is 5.40. The molecule has 76 valence electrons. The SMILES string of the molecule is COc1cc2c(cc1F)CCCC2N. The lowest BCUT2D eigenvalue weighted by Gasteiger charge is -2.22. The zero-order valence-corrected chi connectivity index (χ0v) is 8.22. The molecule has 0 heterocycles. The third-order valence-electron chi connectivity index (χ3n) is 2.77. The fourth-order valence-corrected chi connectivity index (χ4v) is 2.00. The first-order valence-corrected chi connectivity index (χ1v) is 4.84. The van der Waals surface area contributed by atoms with Crippen molar-refractivity contribution in [2.45, 2.75) is 25.3 Å². The average molecular weight is 195 g/mol. The largest absolute Gasteiger partial charge is 0.494 e. The minimum Gasteiger partial charge on any atom is -0.494 e. The fourth-order valence-electron chi connectivity index (χ4n) is 2.00. The van der Waals surface area contributed by atoms with Crippen LogP contribution in [-0.2, 0) is 6.42 Å². The molecule has 3 heteroatoms. The predicted molar refractivity (Wildman–Crippen MR) is 52.8 cm³/mol. The summed E-state index contributed by atoms with van der Waals surface area (Å²) >= 11 is 0. The van der Waals surface area contributed by atoms with Crippen LogP contribution in [0.2, 0.25) is 0 Å². The quantitative estimate of drug-likeness (QED) is 0.745. The molecule has 1 aromatic rings. The van der Waals surface area contributed by atoms with Crippen molar-refractivity contribution in [1.82, 2.24) is 0 Å². The van der Waals surface area contributed by atoms with Crippen molar-refractivity contribution in [3.8, 4) is 5.75 Å². The van der Waals surface area contributed by atoms with Gasteiger partial charge in [0.05, 0.1) is 7.11 Å². The van der Waals surface area contributed by atoms with Crippen LogP contribution in [0.5, 0.6) is 5.75 Å². The van der Waals surface area contributed by atoms with Gasteiger partial charge in [0.25, 0.3) is 0 Å². The summed E-state index contributed by atoms with van der Waals surface area (Å²) < 4.78 is 18.3. The summed E-state index contributed by atoms with van der Waals surface area (Å²) in [6.07, 6.45) is 2.94. The summed E-state index contributed by atoms with van der Waals surface area (Å²) in [4.78, 5) is 0. The number of ether oxygens (including phenoxy) is 1. The first-order valence-electron chi connectivity index (χ1n) is 4.84. The maximum absolute atomic E-state index is 13.3. The molecule has 0 spiro atoms. The monoisotopic (exact) mass is 195 g/mol. The molecule has 2 nitrogen and oxygen atoms in total. The fraction of sp³-hybridized carbons (Fsp3) is 0.455. The summed E-state index contributed by atoms with van der Waals surface area (Å²) in [7, 11) is 1.47. The first kappa shape index (κ1) is 9.46. The standard InChI is InChI=1S/C11H14FNO/c1-14-11-6-8-7(5-9(11)12)3-2-4-10(8)13/h5-6,10H,2-4,13H2,1H3. The van der Waals surface area contributed by atoms with E-state index >= 15 is 0 Å². The predicted octanol–water partition coefficient (Wildman–Crippen LogP) is 2.17. The van der Waals surface area contributed by atoms with Gasteiger partial charge in [0.2, 0.25) is 0 Å². The highest BCUT2D eigenvalue weighted by atomic mass is 19.1. The molecule has 2 rings (SSSR count). The van der Waals surface area contributed by atoms with Gasteiger partial charge in [0, 0.05) is 6.04 Å². The third kappa shape index (κ3) is 1.48. The molecular formula is C11H14FNO. The lowest BCUT2D eigenvalue weighted by Crippen LogP contribution is -2.17. The van der Waals surface area contributed by atoms with E-state index in [0.29, 0.717) is 5.75 Å². The van der Waals surface area contributed by atoms with Crippen LogP contribution in [0.3, 0.4) is 0 Å². The maximum atomic E-state index is 13.3. The number of fused-ring (bicyclic) bond motifs is 1. The van der Waals surface area contributed by atoms with Crippen LogP contribution in [0.4, 0.5) is 4.39 Å². The first-order chi connectivity index (χ1) is 6.72. The molecule has 0 aliphatic heterocycles. The van der Waals surface area contributed by atoms with Gasteiger partial charge in [0.15, 0.2) is 11.6 Å². The Hall–Kier alpha value is -1.09. The second kappa shape index (κ2) is 3.58. The van der Waals surface area contributed by atoms with Crippen LogP contribution in [0.25, 0.3) is 0 Å². The van der Waals surface area contributed by atoms with E-state index in [1.54, 1.807) is 12.1 Å². The Balaban J connectivity index is 2.49. The molecule has 0 fully saturated rings. The van der Waals surface area contributed by atoms with Crippen molar-refractivity contribution in [2.24, 2.45) is 5.73 Å². The van der Waals surface area contributed by atoms with E-state index in [-0.39, 0.29) is 11.9 Å². The van der Waals surface area contributed by atoms with Crippen molar-refractivity contribution in [3.05, 3.63) is 29.1 Å². The lowest BCUT2D eigenvalue weighted by molar-refractivity contribution is 0.383. The van der Waals surface area contributed by atoms with E-state index in [0.717, 1.165) is 30.4 Å². The van der Waals surface area contributed by atoms with Gasteiger partial charge in [-0.25, -0.2) is 4.39 Å². The van der Waals surface area contributed by atoms with E-state index in [1.807, 2.05) is 0 Å². The van der Waals surface area contributed by atoms with Gasteiger partial charge in [-0.2, -0.15) is 0 Å². The molecule has 14 heavy (non-hydrogen) atoms. The molecule has 0 radical (unpaired) electrons. The Bertz CT molecular complexity index is 351. The average Bonchev–Trinajstić information content (AvgIpc) is 2.17. The van der Waals surface area contributed by atoms with Crippen molar-refractivity contribution in [2.75, 3.05) is 7.11 Å². The van der Waals surface area contributed by atoms with Gasteiger partial charge in [-0.05, 0) is 42.5 Å². The zero-order valence-electron chi connectivity index (χ0n) is 8.22. The van der Waals surface area contributed by atoms with Crippen molar-refractivity contribution < 1.29 is 9.13 Å². The van der Waals surface area contributed by atoms with Crippen LogP contribution >= 0.6 is 0 Å². The van der Waals surface area contributed by atoms with Crippen LogP contribution in [-0.4, -0.2) is 7.11 Å². The number of halogens is 1. The van der Waals surface area contributed by atoms with Crippen LogP contribution in [0.15, 0.2) is 12.1 Å². The van der Waals surface area contributed by atoms with Crippen LogP contribution in [0.1, 0.15) is 30.0 Å². The van der Waals surface area contributed by atoms with Gasteiger partial charge in [-0.1, -0.05) is 0 Å². The molecule has 0 saturated carbocycles. The van der Waals surface area contributed by atoms with Crippen molar-refractivity contribution >= 4 is 0 Å². The van der Waals surface area contributed by atoms with Crippen LogP contribution in [0, 0.1) is 5.82 Å². The Morgan fingerprint density at radius 2 is 2.29 bits per heavy atom. The zero-order chi connectivity index (χ0) is 10.1. The molecule has 0 amide bonds. The number of aryl methyl sites for hydroxylation is 1. The number of methoxy groups -OCH3 is 1. The second-order valence-corrected chi connectivity index (χ2v) is 3.68. The van der Waals surface area contributed by atoms with E-state index in [4.69, 9.17) is 10.5 Å². The van der Waals surface area contributed by atoms with Crippen molar-refractivity contribution in [1.29, 1.82) is 0 Å². The second-order valence-electron chi connectivity index (χ2n) is 3.68. The van der Waals surface area contributed by atoms with E-state index < -0.39 is 0 Å². The normalized spacial score (nSPS) is 20.4. The van der Waals surface area contributed by atoms with Gasteiger partial charge in [-0.3, -0.25) is 0 Å². The maximum Gasteiger partial charge on any atom is 0.165 e. The van der Waals surface area contributed by atoms with E-state index in [1.165, 1.54) is 7.11 Å². The summed E-state index contributed by atoms with van der Waals surface area (Å²) in [6, 6.07) is 3.31. The molecule has 0 aromatic heterocycles. The summed E-state index contributed by atoms with van der Waals surface area (Å²) in [5, 5.41) is 0. The third-order valence-corrected chi connectivity index (χ3v) is 2.77. The summed E-state index contributed by atoms with van der Waals surface area (Å²) in [5.74, 6) is 0.00134. The highest BCUT2D eigenvalue weighted by Crippen LogP contribution is 2.32. The van der Waals surface area contributed by atoms with Crippen LogP contribution < -0.4 is 10.5 Å². The summed E-state index contributed by atoms with van der Waals surface area (Å²) in [5.41, 5.74) is 8.01. The molecular weight excluding hydrogens is 181 g/mol. The summed E-state index contributed by atoms with van der Waals surface area (Å²) in [6.45, 7) is 0. The van der Waals surface area contributed by atoms with E-state index in [9.17, 15) is 4.39 Å². The van der Waals surface area contributed by atoms with E-state index in [2.05, 4.69) is 0 Å². The lowest BCUT2D eigenvalue weighted by atomic mass is 9.88. The molecule has 2 N–H and O–H groups in total. The van der Waals surface area contributed by atoms with Gasteiger partial charge < -0.3 is 10.5 Å². The Labute approximate surface area is 82.9 Å². The van der Waals surface area contributed by atoms with Gasteiger partial charge in [-0.15, -0.1) is 0 Å². The van der Waals surface area contributed by atoms with Crippen molar-refractivity contribution in [3.63, 3.8) is 0 Å². The highest BCUT2D eigenvalue weighted by Gasteiger charge is 2.19. The molecule has 0 saturated heterocycles. The molecule has 1 unspecified atom stereocenters. The molecule has 1 aliphatic rings. The number of hydrogen-bond acceptors (Lipinski definition) is 2. The van der Waals surface area contributed by atoms with Gasteiger partial charge in [0.1, 0.15) is 0 Å². The molecule has 1 atom stereocenters. The number of nitrogens with two attached hydrogens (primary N) is 1. The smallest absolute Gasteiger partial charge is 0.165 e. The number of rotatable bonds is 1. The number of benzene rings is 1. The number of hydrogen-bond donors (Lipinski definition) is 1. The topological polar surface area (TPSA) is 35.2 Å². The molecule has 0 bridgehead atoms. The Kier molecular flexibility index (Phi) is 2.42. The minimum atomic E-state index is -0.291. The molecule has 1 aromatic carbocycles. The minimum absolute atomic E-state index is 0.0354. The Morgan fingerprint density at radius 3 is 3.00 bits per heavy atom. The molecule has 1 aliphatic carbocycles.